The molecule has 3 rings (SSSR count). The molecule has 1 aromatic carbocycles. The van der Waals surface area contributed by atoms with Gasteiger partial charge in [-0.25, -0.2) is 0 Å². The van der Waals surface area contributed by atoms with Crippen LogP contribution in [0.1, 0.15) is 41.3 Å². The van der Waals surface area contributed by atoms with Gasteiger partial charge < -0.3 is 24.4 Å². The fraction of sp³-hybridized carbons (Fsp3) is 0.333. The zero-order valence-corrected chi connectivity index (χ0v) is 18.0. The van der Waals surface area contributed by atoms with E-state index in [2.05, 4.69) is 20.5 Å². The van der Waals surface area contributed by atoms with Crippen LogP contribution in [0, 0.1) is 11.7 Å². The Morgan fingerprint density at radius 3 is 2.72 bits per heavy atom. The molecule has 8 nitrogen and oxygen atoms in total. The van der Waals surface area contributed by atoms with Crippen molar-refractivity contribution >= 4 is 41.3 Å². The van der Waals surface area contributed by atoms with Crippen molar-refractivity contribution < 1.29 is 14.3 Å². The van der Waals surface area contributed by atoms with Crippen LogP contribution in [0.15, 0.2) is 22.6 Å². The maximum Gasteiger partial charge on any atom is 0.270 e. The van der Waals surface area contributed by atoms with Crippen LogP contribution in [0.4, 0.5) is 0 Å². The number of nitrogens with zero attached hydrogens (tertiary/aromatic N) is 3. The summed E-state index contributed by atoms with van der Waals surface area (Å²) in [5.74, 6) is 0.0616. The molecule has 3 aromatic rings. The van der Waals surface area contributed by atoms with Crippen molar-refractivity contribution in [1.82, 2.24) is 25.1 Å². The lowest BCUT2D eigenvalue weighted by Crippen LogP contribution is -2.30. The summed E-state index contributed by atoms with van der Waals surface area (Å²) in [6, 6.07) is 4.98. The lowest BCUT2D eigenvalue weighted by molar-refractivity contribution is 0.0934. The second-order valence-corrected chi connectivity index (χ2v) is 7.43. The van der Waals surface area contributed by atoms with E-state index in [1.165, 1.54) is 0 Å². The number of H-pyrrole nitrogens is 1. The van der Waals surface area contributed by atoms with Gasteiger partial charge in [-0.3, -0.25) is 4.79 Å². The highest BCUT2D eigenvalue weighted by Gasteiger charge is 2.28. The highest BCUT2D eigenvalue weighted by molar-refractivity contribution is 7.71. The van der Waals surface area contributed by atoms with E-state index in [9.17, 15) is 4.79 Å². The SMILES string of the molecule is CCC(c1ccc(Cl)c(Cl)c1)n1c(C(=O)NCCO)c(-c2nnc(C)o2)[nH]c1=S. The number of carbonyl (C=O) groups excluding carboxylic acids is 1. The lowest BCUT2D eigenvalue weighted by atomic mass is 10.0. The summed E-state index contributed by atoms with van der Waals surface area (Å²) in [6.45, 7) is 3.50. The van der Waals surface area contributed by atoms with Crippen LogP contribution in [0.25, 0.3) is 11.6 Å². The van der Waals surface area contributed by atoms with E-state index in [1.54, 1.807) is 23.6 Å². The monoisotopic (exact) mass is 455 g/mol. The van der Waals surface area contributed by atoms with E-state index in [0.717, 1.165) is 5.56 Å². The molecule has 1 atom stereocenters. The Labute approximate surface area is 181 Å². The van der Waals surface area contributed by atoms with Gasteiger partial charge in [0.25, 0.3) is 11.8 Å². The van der Waals surface area contributed by atoms with Gasteiger partial charge in [-0.15, -0.1) is 10.2 Å². The van der Waals surface area contributed by atoms with Gasteiger partial charge in [0, 0.05) is 13.5 Å². The van der Waals surface area contributed by atoms with E-state index in [1.807, 2.05) is 13.0 Å². The highest BCUT2D eigenvalue weighted by atomic mass is 35.5. The van der Waals surface area contributed by atoms with Crippen molar-refractivity contribution in [2.24, 2.45) is 0 Å². The molecule has 0 radical (unpaired) electrons. The number of carbonyl (C=O) groups is 1. The minimum atomic E-state index is -0.434. The largest absolute Gasteiger partial charge is 0.420 e. The first-order valence-electron chi connectivity index (χ1n) is 8.86. The molecule has 154 valence electrons. The van der Waals surface area contributed by atoms with Crippen LogP contribution < -0.4 is 5.32 Å². The van der Waals surface area contributed by atoms with Gasteiger partial charge in [-0.05, 0) is 36.3 Å². The molecule has 1 unspecified atom stereocenters. The minimum Gasteiger partial charge on any atom is -0.420 e. The van der Waals surface area contributed by atoms with E-state index >= 15 is 0 Å². The Morgan fingerprint density at radius 2 is 2.14 bits per heavy atom. The van der Waals surface area contributed by atoms with E-state index < -0.39 is 5.91 Å². The number of halogens is 2. The smallest absolute Gasteiger partial charge is 0.270 e. The number of nitrogens with one attached hydrogen (secondary N) is 2. The van der Waals surface area contributed by atoms with Crippen molar-refractivity contribution in [3.05, 3.63) is 50.2 Å². The molecule has 0 spiro atoms. The Hall–Kier alpha value is -2.20. The normalized spacial score (nSPS) is 12.2. The molecule has 0 aliphatic heterocycles. The summed E-state index contributed by atoms with van der Waals surface area (Å²) in [5, 5.41) is 20.4. The number of aryl methyl sites for hydroxylation is 1. The standard InChI is InChI=1S/C18H19Cl2N5O3S/c1-3-13(10-4-5-11(19)12(20)8-10)25-15(16(27)21-6-7-26)14(22-18(25)29)17-24-23-9(2)28-17/h4-5,8,13,26H,3,6-7H2,1-2H3,(H,21,27)(H,22,29). The average Bonchev–Trinajstić information content (AvgIpc) is 3.27. The number of aliphatic hydroxyl groups excluding tert-OH is 1. The van der Waals surface area contributed by atoms with E-state index in [-0.39, 0.29) is 30.8 Å². The number of aliphatic hydroxyl groups is 1. The van der Waals surface area contributed by atoms with Gasteiger partial charge in [-0.2, -0.15) is 0 Å². The summed E-state index contributed by atoms with van der Waals surface area (Å²) in [7, 11) is 0. The first-order valence-corrected chi connectivity index (χ1v) is 10.0. The molecule has 2 aromatic heterocycles. The molecule has 29 heavy (non-hydrogen) atoms. The number of aromatic nitrogens is 4. The van der Waals surface area contributed by atoms with Crippen LogP contribution in [0.2, 0.25) is 10.0 Å². The zero-order valence-electron chi connectivity index (χ0n) is 15.7. The molecular weight excluding hydrogens is 437 g/mol. The number of rotatable bonds is 7. The summed E-state index contributed by atoms with van der Waals surface area (Å²) in [4.78, 5) is 16.0. The van der Waals surface area contributed by atoms with E-state index in [0.29, 0.717) is 32.8 Å². The van der Waals surface area contributed by atoms with Gasteiger partial charge in [0.2, 0.25) is 5.89 Å². The van der Waals surface area contributed by atoms with Crippen LogP contribution in [0.3, 0.4) is 0 Å². The van der Waals surface area contributed by atoms with Crippen LogP contribution in [0.5, 0.6) is 0 Å². The zero-order chi connectivity index (χ0) is 21.1. The maximum absolute atomic E-state index is 13.0. The Bertz CT molecular complexity index is 1090. The van der Waals surface area contributed by atoms with Crippen molar-refractivity contribution in [3.8, 4) is 11.6 Å². The minimum absolute atomic E-state index is 0.0860. The van der Waals surface area contributed by atoms with Gasteiger partial charge in [0.05, 0.1) is 22.7 Å². The van der Waals surface area contributed by atoms with Gasteiger partial charge in [0.15, 0.2) is 4.77 Å². The van der Waals surface area contributed by atoms with E-state index in [4.69, 9.17) is 44.9 Å². The second kappa shape index (κ2) is 9.08. The fourth-order valence-corrected chi connectivity index (χ4v) is 3.69. The molecule has 1 amide bonds. The molecule has 11 heteroatoms. The molecule has 3 N–H and O–H groups in total. The predicted octanol–water partition coefficient (Wildman–Crippen LogP) is 3.93. The Kier molecular flexibility index (Phi) is 6.74. The third-order valence-electron chi connectivity index (χ3n) is 4.31. The molecule has 0 saturated carbocycles. The van der Waals surface area contributed by atoms with Crippen LogP contribution >= 0.6 is 35.4 Å². The maximum atomic E-state index is 13.0. The van der Waals surface area contributed by atoms with Crippen molar-refractivity contribution in [1.29, 1.82) is 0 Å². The number of amides is 1. The first-order chi connectivity index (χ1) is 13.9. The molecule has 0 bridgehead atoms. The number of benzene rings is 1. The molecule has 2 heterocycles. The first kappa shape index (κ1) is 21.5. The summed E-state index contributed by atoms with van der Waals surface area (Å²) >= 11 is 17.8. The second-order valence-electron chi connectivity index (χ2n) is 6.23. The van der Waals surface area contributed by atoms with Gasteiger partial charge in [-0.1, -0.05) is 36.2 Å². The molecule has 0 aliphatic carbocycles. The summed E-state index contributed by atoms with van der Waals surface area (Å²) in [5.41, 5.74) is 1.37. The third-order valence-corrected chi connectivity index (χ3v) is 5.35. The molecule has 0 fully saturated rings. The summed E-state index contributed by atoms with van der Waals surface area (Å²) in [6.07, 6.45) is 0.618. The molecule has 0 saturated heterocycles. The van der Waals surface area contributed by atoms with Crippen molar-refractivity contribution in [2.45, 2.75) is 26.3 Å². The van der Waals surface area contributed by atoms with Crippen LogP contribution in [-0.2, 0) is 0 Å². The van der Waals surface area contributed by atoms with Gasteiger partial charge in [0.1, 0.15) is 11.4 Å². The van der Waals surface area contributed by atoms with Crippen molar-refractivity contribution in [2.75, 3.05) is 13.2 Å². The molecular formula is C18H19Cl2N5O3S. The van der Waals surface area contributed by atoms with Crippen molar-refractivity contribution in [3.63, 3.8) is 0 Å². The Balaban J connectivity index is 2.20. The number of hydrogen-bond donors (Lipinski definition) is 3. The quantitative estimate of drug-likeness (QED) is 0.465. The average molecular weight is 456 g/mol. The van der Waals surface area contributed by atoms with Crippen LogP contribution in [-0.4, -0.2) is 43.9 Å². The Morgan fingerprint density at radius 1 is 1.38 bits per heavy atom. The number of aromatic amines is 1. The molecule has 0 aliphatic rings. The number of imidazole rings is 1. The fourth-order valence-electron chi connectivity index (χ4n) is 3.06. The number of hydrogen-bond acceptors (Lipinski definition) is 6. The third kappa shape index (κ3) is 4.37. The topological polar surface area (TPSA) is 109 Å². The highest BCUT2D eigenvalue weighted by Crippen LogP contribution is 2.33. The predicted molar refractivity (Wildman–Crippen MR) is 112 cm³/mol. The summed E-state index contributed by atoms with van der Waals surface area (Å²) < 4.78 is 7.51. The van der Waals surface area contributed by atoms with Gasteiger partial charge >= 0.3 is 0 Å². The lowest BCUT2D eigenvalue weighted by Gasteiger charge is -2.20.